The van der Waals surface area contributed by atoms with Gasteiger partial charge in [0.05, 0.1) is 0 Å². The number of aryl methyl sites for hydroxylation is 1. The topological polar surface area (TPSA) is 30.9 Å². The molecule has 1 aromatic heterocycles. The molecule has 2 aromatic rings. The Hall–Kier alpha value is -1.70. The summed E-state index contributed by atoms with van der Waals surface area (Å²) in [5.74, 6) is 0. The molecule has 0 unspecified atom stereocenters. The zero-order chi connectivity index (χ0) is 9.71. The molecule has 0 fully saturated rings. The minimum atomic E-state index is 0.826. The van der Waals surface area contributed by atoms with Gasteiger partial charge < -0.3 is 10.3 Å². The first-order chi connectivity index (χ1) is 6.75. The number of aromatic nitrogens is 1. The van der Waals surface area contributed by atoms with Gasteiger partial charge in [0.25, 0.3) is 0 Å². The lowest BCUT2D eigenvalue weighted by molar-refractivity contribution is 0.797. The van der Waals surface area contributed by atoms with Crippen molar-refractivity contribution in [1.82, 2.24) is 4.57 Å². The lowest BCUT2D eigenvalue weighted by Gasteiger charge is -1.99. The molecule has 1 aliphatic rings. The third-order valence-electron chi connectivity index (χ3n) is 2.92. The van der Waals surface area contributed by atoms with Crippen LogP contribution in [0.4, 0.5) is 5.69 Å². The Morgan fingerprint density at radius 2 is 2.14 bits per heavy atom. The molecule has 2 heterocycles. The van der Waals surface area contributed by atoms with Crippen molar-refractivity contribution < 1.29 is 0 Å². The molecule has 2 heteroatoms. The van der Waals surface area contributed by atoms with Crippen molar-refractivity contribution in [3.63, 3.8) is 0 Å². The fraction of sp³-hybridized carbons (Fsp3) is 0.167. The molecule has 0 radical (unpaired) electrons. The van der Waals surface area contributed by atoms with Crippen molar-refractivity contribution >= 4 is 22.2 Å². The number of allylic oxidation sites excluding steroid dienone is 1. The summed E-state index contributed by atoms with van der Waals surface area (Å²) >= 11 is 0. The number of fused-ring (bicyclic) bond motifs is 3. The number of anilines is 1. The van der Waals surface area contributed by atoms with Crippen LogP contribution >= 0.6 is 0 Å². The Labute approximate surface area is 82.6 Å². The van der Waals surface area contributed by atoms with E-state index in [-0.39, 0.29) is 0 Å². The Bertz CT molecular complexity index is 534. The van der Waals surface area contributed by atoms with E-state index in [0.29, 0.717) is 0 Å². The summed E-state index contributed by atoms with van der Waals surface area (Å²) in [4.78, 5) is 0. The predicted octanol–water partition coefficient (Wildman–Crippen LogP) is 2.64. The Kier molecular flexibility index (Phi) is 1.32. The van der Waals surface area contributed by atoms with E-state index < -0.39 is 0 Å². The molecule has 0 atom stereocenters. The maximum Gasteiger partial charge on any atom is 0.0486 e. The summed E-state index contributed by atoms with van der Waals surface area (Å²) in [7, 11) is 0. The summed E-state index contributed by atoms with van der Waals surface area (Å²) in [6.45, 7) is 5.12. The van der Waals surface area contributed by atoms with E-state index in [9.17, 15) is 0 Å². The van der Waals surface area contributed by atoms with Crippen molar-refractivity contribution in [2.45, 2.75) is 13.0 Å². The first-order valence-electron chi connectivity index (χ1n) is 4.82. The number of benzene rings is 1. The number of nitrogens with two attached hydrogens (primary N) is 1. The van der Waals surface area contributed by atoms with Gasteiger partial charge in [-0.25, -0.2) is 0 Å². The Morgan fingerprint density at radius 1 is 1.29 bits per heavy atom. The van der Waals surface area contributed by atoms with Gasteiger partial charge in [0.2, 0.25) is 0 Å². The van der Waals surface area contributed by atoms with Crippen LogP contribution in [0.2, 0.25) is 0 Å². The van der Waals surface area contributed by atoms with Crippen molar-refractivity contribution in [3.05, 3.63) is 36.5 Å². The average molecular weight is 184 g/mol. The molecule has 0 saturated heterocycles. The van der Waals surface area contributed by atoms with Crippen LogP contribution in [0.1, 0.15) is 12.1 Å². The third-order valence-corrected chi connectivity index (χ3v) is 2.92. The number of nitrogen functional groups attached to an aromatic ring is 1. The molecule has 0 aliphatic carbocycles. The second-order valence-corrected chi connectivity index (χ2v) is 3.85. The van der Waals surface area contributed by atoms with E-state index in [0.717, 1.165) is 18.7 Å². The number of nitrogens with zero attached hydrogens (tertiary/aromatic N) is 1. The van der Waals surface area contributed by atoms with Gasteiger partial charge in [0.1, 0.15) is 0 Å². The van der Waals surface area contributed by atoms with E-state index in [1.807, 2.05) is 12.1 Å². The zero-order valence-corrected chi connectivity index (χ0v) is 7.96. The molecule has 2 nitrogen and oxygen atoms in total. The molecular formula is C12H12N2. The molecule has 14 heavy (non-hydrogen) atoms. The van der Waals surface area contributed by atoms with Gasteiger partial charge in [0, 0.05) is 28.8 Å². The van der Waals surface area contributed by atoms with E-state index in [2.05, 4.69) is 23.3 Å². The second-order valence-electron chi connectivity index (χ2n) is 3.85. The van der Waals surface area contributed by atoms with Gasteiger partial charge >= 0.3 is 0 Å². The molecule has 1 aromatic carbocycles. The van der Waals surface area contributed by atoms with Gasteiger partial charge in [-0.2, -0.15) is 0 Å². The minimum absolute atomic E-state index is 0.826. The van der Waals surface area contributed by atoms with Crippen LogP contribution < -0.4 is 5.73 Å². The first kappa shape index (κ1) is 7.68. The van der Waals surface area contributed by atoms with Crippen LogP contribution in [-0.2, 0) is 6.54 Å². The van der Waals surface area contributed by atoms with E-state index in [1.54, 1.807) is 0 Å². The van der Waals surface area contributed by atoms with E-state index >= 15 is 0 Å². The van der Waals surface area contributed by atoms with Crippen LogP contribution in [0.25, 0.3) is 16.5 Å². The minimum Gasteiger partial charge on any atom is -0.399 e. The fourth-order valence-corrected chi connectivity index (χ4v) is 2.20. The average Bonchev–Trinajstić information content (AvgIpc) is 2.66. The quantitative estimate of drug-likeness (QED) is 0.627. The van der Waals surface area contributed by atoms with E-state index in [1.165, 1.54) is 22.2 Å². The van der Waals surface area contributed by atoms with Crippen molar-refractivity contribution in [3.8, 4) is 0 Å². The monoisotopic (exact) mass is 184 g/mol. The zero-order valence-electron chi connectivity index (χ0n) is 7.96. The van der Waals surface area contributed by atoms with Gasteiger partial charge in [-0.15, -0.1) is 0 Å². The van der Waals surface area contributed by atoms with Crippen LogP contribution in [0.3, 0.4) is 0 Å². The number of hydrogen-bond acceptors (Lipinski definition) is 1. The molecule has 2 N–H and O–H groups in total. The van der Waals surface area contributed by atoms with E-state index in [4.69, 9.17) is 5.73 Å². The SMILES string of the molecule is C=C1CCn2c1cc1cc(N)ccc12. The predicted molar refractivity (Wildman–Crippen MR) is 60.0 cm³/mol. The molecule has 0 spiro atoms. The lowest BCUT2D eigenvalue weighted by Crippen LogP contribution is -1.91. The second kappa shape index (κ2) is 2.41. The van der Waals surface area contributed by atoms with Gasteiger partial charge in [-0.05, 0) is 36.3 Å². The molecule has 3 rings (SSSR count). The van der Waals surface area contributed by atoms with Gasteiger partial charge in [0.15, 0.2) is 0 Å². The van der Waals surface area contributed by atoms with Crippen LogP contribution in [0.5, 0.6) is 0 Å². The maximum absolute atomic E-state index is 5.75. The molecule has 0 saturated carbocycles. The number of rotatable bonds is 0. The molecule has 70 valence electrons. The number of hydrogen-bond donors (Lipinski definition) is 1. The van der Waals surface area contributed by atoms with Crippen LogP contribution in [-0.4, -0.2) is 4.57 Å². The normalized spacial score (nSPS) is 15.0. The van der Waals surface area contributed by atoms with Gasteiger partial charge in [-0.1, -0.05) is 6.58 Å². The van der Waals surface area contributed by atoms with Gasteiger partial charge in [-0.3, -0.25) is 0 Å². The molecular weight excluding hydrogens is 172 g/mol. The maximum atomic E-state index is 5.75. The molecule has 0 amide bonds. The largest absolute Gasteiger partial charge is 0.399 e. The summed E-state index contributed by atoms with van der Waals surface area (Å²) in [6, 6.07) is 8.25. The first-order valence-corrected chi connectivity index (χ1v) is 4.82. The van der Waals surface area contributed by atoms with Crippen molar-refractivity contribution in [2.75, 3.05) is 5.73 Å². The van der Waals surface area contributed by atoms with Crippen LogP contribution in [0.15, 0.2) is 30.8 Å². The van der Waals surface area contributed by atoms with Crippen molar-refractivity contribution in [1.29, 1.82) is 0 Å². The molecule has 0 bridgehead atoms. The standard InChI is InChI=1S/C12H12N2/c1-8-4-5-14-11-3-2-10(13)6-9(11)7-12(8)14/h2-3,6-7H,1,4-5,13H2. The molecule has 1 aliphatic heterocycles. The van der Waals surface area contributed by atoms with Crippen LogP contribution in [0, 0.1) is 0 Å². The summed E-state index contributed by atoms with van der Waals surface area (Å²) in [5, 5.41) is 1.22. The third kappa shape index (κ3) is 0.854. The smallest absolute Gasteiger partial charge is 0.0486 e. The summed E-state index contributed by atoms with van der Waals surface area (Å²) < 4.78 is 2.32. The highest BCUT2D eigenvalue weighted by molar-refractivity contribution is 5.88. The Balaban J connectivity index is 2.40. The Morgan fingerprint density at radius 3 is 3.00 bits per heavy atom. The highest BCUT2D eigenvalue weighted by atomic mass is 15.0. The summed E-state index contributed by atoms with van der Waals surface area (Å²) in [5.41, 5.74) is 10.3. The van der Waals surface area contributed by atoms with Crippen molar-refractivity contribution in [2.24, 2.45) is 0 Å². The highest BCUT2D eigenvalue weighted by Crippen LogP contribution is 2.32. The lowest BCUT2D eigenvalue weighted by atomic mass is 10.1. The highest BCUT2D eigenvalue weighted by Gasteiger charge is 2.16. The fourth-order valence-electron chi connectivity index (χ4n) is 2.20. The summed E-state index contributed by atoms with van der Waals surface area (Å²) in [6.07, 6.45) is 1.08.